The first kappa shape index (κ1) is 22.4. The Balaban J connectivity index is 1.74. The number of aromatic nitrogens is 1. The molecule has 0 spiro atoms. The van der Waals surface area contributed by atoms with Crippen molar-refractivity contribution < 1.29 is 31.8 Å². The molecule has 8 nitrogen and oxygen atoms in total. The van der Waals surface area contributed by atoms with Gasteiger partial charge in [0.2, 0.25) is 10.0 Å². The highest BCUT2D eigenvalue weighted by Gasteiger charge is 2.55. The molecule has 1 fully saturated rings. The van der Waals surface area contributed by atoms with Gasteiger partial charge in [0, 0.05) is 6.07 Å². The van der Waals surface area contributed by atoms with Crippen LogP contribution < -0.4 is 10.0 Å². The highest BCUT2D eigenvalue weighted by Crippen LogP contribution is 2.48. The van der Waals surface area contributed by atoms with Crippen LogP contribution in [0.15, 0.2) is 35.1 Å². The van der Waals surface area contributed by atoms with E-state index in [2.05, 4.69) is 15.0 Å². The van der Waals surface area contributed by atoms with E-state index in [1.54, 1.807) is 6.07 Å². The Kier molecular flexibility index (Phi) is 5.82. The van der Waals surface area contributed by atoms with Crippen molar-refractivity contribution in [3.05, 3.63) is 47.9 Å². The largest absolute Gasteiger partial charge is 0.443 e. The number of oxazole rings is 1. The van der Waals surface area contributed by atoms with E-state index in [0.717, 1.165) is 12.0 Å². The second kappa shape index (κ2) is 8.30. The Labute approximate surface area is 183 Å². The monoisotopic (exact) mass is 467 g/mol. The van der Waals surface area contributed by atoms with E-state index in [0.29, 0.717) is 6.42 Å². The molecule has 11 heteroatoms. The Morgan fingerprint density at radius 3 is 2.62 bits per heavy atom. The van der Waals surface area contributed by atoms with Crippen molar-refractivity contribution in [3.8, 4) is 0 Å². The topological polar surface area (TPSA) is 125 Å². The van der Waals surface area contributed by atoms with Crippen molar-refractivity contribution >= 4 is 38.2 Å². The molecule has 3 aromatic rings. The first-order chi connectivity index (χ1) is 15.2. The predicted molar refractivity (Wildman–Crippen MR) is 115 cm³/mol. The third-order valence-electron chi connectivity index (χ3n) is 5.71. The lowest BCUT2D eigenvalue weighted by atomic mass is 10.1. The molecule has 0 bridgehead atoms. The van der Waals surface area contributed by atoms with Gasteiger partial charge >= 0.3 is 0 Å². The lowest BCUT2D eigenvalue weighted by Gasteiger charge is -2.22. The molecule has 1 saturated carbocycles. The molecule has 1 aliphatic carbocycles. The SMILES string of the molecule is CCc1ccc(Nc2c(NS(=O)(=O)C3(CC(O)CO)CC3)cc3ocnc3c2F)c(F)c1. The first-order valence-corrected chi connectivity index (χ1v) is 11.6. The number of hydrogen-bond acceptors (Lipinski definition) is 7. The molecule has 172 valence electrons. The maximum atomic E-state index is 15.3. The van der Waals surface area contributed by atoms with Crippen LogP contribution >= 0.6 is 0 Å². The fraction of sp³-hybridized carbons (Fsp3) is 0.381. The molecule has 0 radical (unpaired) electrons. The average Bonchev–Trinajstić information content (AvgIpc) is 3.40. The highest BCUT2D eigenvalue weighted by atomic mass is 32.2. The first-order valence-electron chi connectivity index (χ1n) is 10.1. The molecule has 1 aliphatic rings. The van der Waals surface area contributed by atoms with Crippen LogP contribution in [0.1, 0.15) is 31.7 Å². The number of anilines is 3. The Morgan fingerprint density at radius 1 is 1.25 bits per heavy atom. The fourth-order valence-corrected chi connectivity index (χ4v) is 5.37. The van der Waals surface area contributed by atoms with Gasteiger partial charge in [0.1, 0.15) is 17.0 Å². The summed E-state index contributed by atoms with van der Waals surface area (Å²) in [5, 5.41) is 21.5. The zero-order valence-electron chi connectivity index (χ0n) is 17.2. The number of nitrogens with one attached hydrogen (secondary N) is 2. The van der Waals surface area contributed by atoms with Crippen LogP contribution in [-0.4, -0.2) is 41.1 Å². The van der Waals surface area contributed by atoms with Gasteiger partial charge in [-0.2, -0.15) is 0 Å². The number of aliphatic hydroxyl groups excluding tert-OH is 2. The molecule has 1 heterocycles. The van der Waals surface area contributed by atoms with E-state index in [4.69, 9.17) is 9.52 Å². The summed E-state index contributed by atoms with van der Waals surface area (Å²) in [5.74, 6) is -1.53. The van der Waals surface area contributed by atoms with Crippen molar-refractivity contribution in [2.45, 2.75) is 43.5 Å². The molecule has 2 aromatic carbocycles. The minimum Gasteiger partial charge on any atom is -0.443 e. The smallest absolute Gasteiger partial charge is 0.238 e. The molecular formula is C21H23F2N3O5S. The second-order valence-electron chi connectivity index (χ2n) is 7.93. The lowest BCUT2D eigenvalue weighted by Crippen LogP contribution is -2.34. The third kappa shape index (κ3) is 4.03. The second-order valence-corrected chi connectivity index (χ2v) is 10.0. The van der Waals surface area contributed by atoms with Crippen molar-refractivity contribution in [2.75, 3.05) is 16.6 Å². The summed E-state index contributed by atoms with van der Waals surface area (Å²) >= 11 is 0. The van der Waals surface area contributed by atoms with Crippen LogP contribution in [0.4, 0.5) is 25.8 Å². The summed E-state index contributed by atoms with van der Waals surface area (Å²) in [5.41, 5.74) is 0.0820. The van der Waals surface area contributed by atoms with E-state index in [1.165, 1.54) is 18.2 Å². The van der Waals surface area contributed by atoms with Crippen LogP contribution in [0, 0.1) is 11.6 Å². The molecule has 1 unspecified atom stereocenters. The van der Waals surface area contributed by atoms with Gasteiger partial charge in [-0.25, -0.2) is 22.2 Å². The zero-order chi connectivity index (χ0) is 23.1. The molecule has 0 saturated heterocycles. The number of benzene rings is 2. The van der Waals surface area contributed by atoms with Gasteiger partial charge in [0.15, 0.2) is 17.8 Å². The average molecular weight is 467 g/mol. The van der Waals surface area contributed by atoms with Gasteiger partial charge in [-0.1, -0.05) is 13.0 Å². The molecule has 1 atom stereocenters. The lowest BCUT2D eigenvalue weighted by molar-refractivity contribution is 0.0858. The number of rotatable bonds is 9. The summed E-state index contributed by atoms with van der Waals surface area (Å²) in [4.78, 5) is 3.81. The van der Waals surface area contributed by atoms with Gasteiger partial charge in [0.25, 0.3) is 0 Å². The maximum absolute atomic E-state index is 15.3. The Bertz CT molecular complexity index is 1260. The van der Waals surface area contributed by atoms with Gasteiger partial charge < -0.3 is 19.9 Å². The standard InChI is InChI=1S/C21H23F2N3O5S/c1-2-12-3-4-15(14(22)7-12)25-19-16(8-17-20(18(19)23)24-11-31-17)26-32(29,30)21(5-6-21)9-13(28)10-27/h3-4,7-8,11,13,25-28H,2,5-6,9-10H2,1H3. The quantitative estimate of drug-likeness (QED) is 0.380. The van der Waals surface area contributed by atoms with Crippen molar-refractivity contribution in [1.29, 1.82) is 0 Å². The molecule has 0 amide bonds. The molecule has 4 N–H and O–H groups in total. The van der Waals surface area contributed by atoms with E-state index >= 15 is 4.39 Å². The van der Waals surface area contributed by atoms with Gasteiger partial charge in [0.05, 0.1) is 28.8 Å². The summed E-state index contributed by atoms with van der Waals surface area (Å²) in [7, 11) is -4.09. The summed E-state index contributed by atoms with van der Waals surface area (Å²) in [6.45, 7) is 1.30. The number of sulfonamides is 1. The molecular weight excluding hydrogens is 444 g/mol. The van der Waals surface area contributed by atoms with Gasteiger partial charge in [-0.05, 0) is 43.4 Å². The maximum Gasteiger partial charge on any atom is 0.238 e. The van der Waals surface area contributed by atoms with Crippen molar-refractivity contribution in [2.24, 2.45) is 0 Å². The minimum absolute atomic E-state index is 0.00722. The summed E-state index contributed by atoms with van der Waals surface area (Å²) < 4.78 is 62.2. The van der Waals surface area contributed by atoms with Gasteiger partial charge in [-0.3, -0.25) is 4.72 Å². The minimum atomic E-state index is -4.09. The fourth-order valence-electron chi connectivity index (χ4n) is 3.65. The Morgan fingerprint density at radius 2 is 2.00 bits per heavy atom. The van der Waals surface area contributed by atoms with Gasteiger partial charge in [-0.15, -0.1) is 0 Å². The molecule has 4 rings (SSSR count). The van der Waals surface area contributed by atoms with Crippen LogP contribution in [-0.2, 0) is 16.4 Å². The number of nitrogens with zero attached hydrogens (tertiary/aromatic N) is 1. The molecule has 32 heavy (non-hydrogen) atoms. The molecule has 1 aromatic heterocycles. The number of aryl methyl sites for hydroxylation is 1. The Hall–Kier alpha value is -2.76. The zero-order valence-corrected chi connectivity index (χ0v) is 18.0. The number of hydrogen-bond donors (Lipinski definition) is 4. The summed E-state index contributed by atoms with van der Waals surface area (Å²) in [6, 6.07) is 5.70. The van der Waals surface area contributed by atoms with Crippen LogP contribution in [0.25, 0.3) is 11.1 Å². The summed E-state index contributed by atoms with van der Waals surface area (Å²) in [6.07, 6.45) is 0.827. The highest BCUT2D eigenvalue weighted by molar-refractivity contribution is 7.94. The number of fused-ring (bicyclic) bond motifs is 1. The predicted octanol–water partition coefficient (Wildman–Crippen LogP) is 3.43. The van der Waals surface area contributed by atoms with E-state index in [9.17, 15) is 17.9 Å². The van der Waals surface area contributed by atoms with E-state index in [-0.39, 0.29) is 47.4 Å². The van der Waals surface area contributed by atoms with Crippen LogP contribution in [0.3, 0.4) is 0 Å². The normalized spacial score (nSPS) is 16.2. The van der Waals surface area contributed by atoms with E-state index < -0.39 is 39.1 Å². The third-order valence-corrected chi connectivity index (χ3v) is 7.91. The van der Waals surface area contributed by atoms with Crippen molar-refractivity contribution in [1.82, 2.24) is 4.98 Å². The van der Waals surface area contributed by atoms with Crippen molar-refractivity contribution in [3.63, 3.8) is 0 Å². The molecule has 0 aliphatic heterocycles. The number of aliphatic hydroxyl groups is 2. The number of halogens is 2. The van der Waals surface area contributed by atoms with Crippen LogP contribution in [0.2, 0.25) is 0 Å². The van der Waals surface area contributed by atoms with Crippen LogP contribution in [0.5, 0.6) is 0 Å². The van der Waals surface area contributed by atoms with E-state index in [1.807, 2.05) is 6.92 Å².